The van der Waals surface area contributed by atoms with Crippen LogP contribution in [0.1, 0.15) is 10.4 Å². The molecule has 0 amide bonds. The van der Waals surface area contributed by atoms with E-state index in [-0.39, 0.29) is 11.3 Å². The summed E-state index contributed by atoms with van der Waals surface area (Å²) in [6.45, 7) is 0. The largest absolute Gasteiger partial charge is 0.478 e. The molecule has 0 saturated carbocycles. The first-order valence-corrected chi connectivity index (χ1v) is 6.57. The van der Waals surface area contributed by atoms with Crippen LogP contribution in [0.15, 0.2) is 54.9 Å². The fourth-order valence-corrected chi connectivity index (χ4v) is 2.31. The SMILES string of the molecule is O=C(O)c1ccncc1Oc1ccc(Cl)c2ccccc12. The van der Waals surface area contributed by atoms with Crippen molar-refractivity contribution in [3.63, 3.8) is 0 Å². The van der Waals surface area contributed by atoms with Crippen LogP contribution < -0.4 is 4.74 Å². The van der Waals surface area contributed by atoms with Gasteiger partial charge in [-0.1, -0.05) is 35.9 Å². The van der Waals surface area contributed by atoms with Gasteiger partial charge in [0.1, 0.15) is 11.3 Å². The van der Waals surface area contributed by atoms with Crippen LogP contribution in [0.2, 0.25) is 5.02 Å². The molecule has 4 nitrogen and oxygen atoms in total. The number of hydrogen-bond acceptors (Lipinski definition) is 3. The molecule has 1 N–H and O–H groups in total. The Hall–Kier alpha value is -2.59. The number of carboxylic acid groups (broad SMARTS) is 1. The molecule has 0 saturated heterocycles. The highest BCUT2D eigenvalue weighted by Crippen LogP contribution is 2.34. The van der Waals surface area contributed by atoms with Gasteiger partial charge < -0.3 is 9.84 Å². The van der Waals surface area contributed by atoms with Crippen LogP contribution in [0.5, 0.6) is 11.5 Å². The predicted octanol–water partition coefficient (Wildman–Crippen LogP) is 4.38. The zero-order valence-electron chi connectivity index (χ0n) is 10.8. The molecule has 0 aliphatic carbocycles. The molecule has 5 heteroatoms. The number of nitrogens with zero attached hydrogens (tertiary/aromatic N) is 1. The van der Waals surface area contributed by atoms with Gasteiger partial charge in [-0.05, 0) is 18.2 Å². The minimum atomic E-state index is -1.06. The molecule has 2 aromatic carbocycles. The number of fused-ring (bicyclic) bond motifs is 1. The Bertz CT molecular complexity index is 833. The summed E-state index contributed by atoms with van der Waals surface area (Å²) in [4.78, 5) is 15.1. The Morgan fingerprint density at radius 2 is 1.81 bits per heavy atom. The van der Waals surface area contributed by atoms with Crippen molar-refractivity contribution < 1.29 is 14.6 Å². The van der Waals surface area contributed by atoms with Crippen molar-refractivity contribution in [3.8, 4) is 11.5 Å². The lowest BCUT2D eigenvalue weighted by Gasteiger charge is -2.11. The van der Waals surface area contributed by atoms with Gasteiger partial charge in [0.05, 0.1) is 6.20 Å². The third-order valence-corrected chi connectivity index (χ3v) is 3.40. The van der Waals surface area contributed by atoms with E-state index in [9.17, 15) is 9.90 Å². The standard InChI is InChI=1S/C16H10ClNO3/c17-13-5-6-14(11-4-2-1-3-10(11)13)21-15-9-18-8-7-12(15)16(19)20/h1-9H,(H,19,20). The van der Waals surface area contributed by atoms with Crippen molar-refractivity contribution in [1.82, 2.24) is 4.98 Å². The number of carboxylic acids is 1. The Kier molecular flexibility index (Phi) is 3.46. The van der Waals surface area contributed by atoms with Gasteiger partial charge in [0.15, 0.2) is 5.75 Å². The van der Waals surface area contributed by atoms with E-state index in [2.05, 4.69) is 4.98 Å². The molecule has 3 rings (SSSR count). The van der Waals surface area contributed by atoms with E-state index in [1.807, 2.05) is 24.3 Å². The number of benzene rings is 2. The average molecular weight is 300 g/mol. The maximum absolute atomic E-state index is 11.2. The molecule has 0 aliphatic rings. The first-order chi connectivity index (χ1) is 10.2. The molecular weight excluding hydrogens is 290 g/mol. The zero-order chi connectivity index (χ0) is 14.8. The van der Waals surface area contributed by atoms with E-state index in [0.29, 0.717) is 10.8 Å². The summed E-state index contributed by atoms with van der Waals surface area (Å²) in [7, 11) is 0. The quantitative estimate of drug-likeness (QED) is 0.779. The maximum atomic E-state index is 11.2. The van der Waals surface area contributed by atoms with E-state index in [1.54, 1.807) is 12.1 Å². The van der Waals surface area contributed by atoms with Crippen LogP contribution in [0, 0.1) is 0 Å². The molecule has 104 valence electrons. The highest BCUT2D eigenvalue weighted by atomic mass is 35.5. The third-order valence-electron chi connectivity index (χ3n) is 3.07. The number of hydrogen-bond donors (Lipinski definition) is 1. The highest BCUT2D eigenvalue weighted by molar-refractivity contribution is 6.35. The lowest BCUT2D eigenvalue weighted by molar-refractivity contribution is 0.0694. The van der Waals surface area contributed by atoms with Gasteiger partial charge in [0, 0.05) is 22.0 Å². The smallest absolute Gasteiger partial charge is 0.339 e. The fourth-order valence-electron chi connectivity index (χ4n) is 2.08. The molecule has 0 aliphatic heterocycles. The van der Waals surface area contributed by atoms with Gasteiger partial charge in [0.2, 0.25) is 0 Å². The minimum Gasteiger partial charge on any atom is -0.478 e. The van der Waals surface area contributed by atoms with Gasteiger partial charge in [-0.25, -0.2) is 4.79 Å². The predicted molar refractivity (Wildman–Crippen MR) is 80.2 cm³/mol. The average Bonchev–Trinajstić information content (AvgIpc) is 2.51. The van der Waals surface area contributed by atoms with Gasteiger partial charge in [-0.2, -0.15) is 0 Å². The minimum absolute atomic E-state index is 0.0593. The number of ether oxygens (including phenoxy) is 1. The van der Waals surface area contributed by atoms with Crippen molar-refractivity contribution in [3.05, 3.63) is 65.4 Å². The van der Waals surface area contributed by atoms with Crippen molar-refractivity contribution in [1.29, 1.82) is 0 Å². The summed E-state index contributed by atoms with van der Waals surface area (Å²) in [6, 6.07) is 12.3. The summed E-state index contributed by atoms with van der Waals surface area (Å²) in [6.07, 6.45) is 2.79. The lowest BCUT2D eigenvalue weighted by atomic mass is 10.1. The van der Waals surface area contributed by atoms with E-state index < -0.39 is 5.97 Å². The number of pyridine rings is 1. The van der Waals surface area contributed by atoms with Gasteiger partial charge in [-0.3, -0.25) is 4.98 Å². The summed E-state index contributed by atoms with van der Waals surface area (Å²) in [5.74, 6) is -0.339. The number of rotatable bonds is 3. The first-order valence-electron chi connectivity index (χ1n) is 6.19. The van der Waals surface area contributed by atoms with Crippen LogP contribution in [-0.4, -0.2) is 16.1 Å². The Morgan fingerprint density at radius 3 is 2.57 bits per heavy atom. The van der Waals surface area contributed by atoms with Crippen molar-refractivity contribution in [2.75, 3.05) is 0 Å². The first kappa shape index (κ1) is 13.4. The number of aromatic carboxylic acids is 1. The van der Waals surface area contributed by atoms with Crippen molar-refractivity contribution >= 4 is 28.3 Å². The summed E-state index contributed by atoms with van der Waals surface area (Å²) >= 11 is 6.15. The molecule has 0 fully saturated rings. The third kappa shape index (κ3) is 2.53. The maximum Gasteiger partial charge on any atom is 0.339 e. The zero-order valence-corrected chi connectivity index (χ0v) is 11.5. The Morgan fingerprint density at radius 1 is 1.05 bits per heavy atom. The van der Waals surface area contributed by atoms with Gasteiger partial charge in [-0.15, -0.1) is 0 Å². The van der Waals surface area contributed by atoms with Crippen LogP contribution in [0.3, 0.4) is 0 Å². The van der Waals surface area contributed by atoms with E-state index >= 15 is 0 Å². The normalized spacial score (nSPS) is 10.5. The van der Waals surface area contributed by atoms with E-state index in [4.69, 9.17) is 16.3 Å². The Labute approximate surface area is 125 Å². The monoisotopic (exact) mass is 299 g/mol. The molecule has 0 unspecified atom stereocenters. The molecule has 1 heterocycles. The summed E-state index contributed by atoms with van der Waals surface area (Å²) in [5, 5.41) is 11.4. The van der Waals surface area contributed by atoms with Crippen LogP contribution in [0.4, 0.5) is 0 Å². The Balaban J connectivity index is 2.11. The molecule has 21 heavy (non-hydrogen) atoms. The topological polar surface area (TPSA) is 59.4 Å². The van der Waals surface area contributed by atoms with E-state index in [1.165, 1.54) is 18.5 Å². The summed E-state index contributed by atoms with van der Waals surface area (Å²) in [5.41, 5.74) is 0.0593. The molecule has 0 spiro atoms. The van der Waals surface area contributed by atoms with Crippen LogP contribution in [0.25, 0.3) is 10.8 Å². The number of halogens is 1. The molecule has 0 atom stereocenters. The van der Waals surface area contributed by atoms with Gasteiger partial charge >= 0.3 is 5.97 Å². The molecule has 3 aromatic rings. The lowest BCUT2D eigenvalue weighted by Crippen LogP contribution is -2.00. The van der Waals surface area contributed by atoms with Crippen LogP contribution >= 0.6 is 11.6 Å². The van der Waals surface area contributed by atoms with E-state index in [0.717, 1.165) is 10.8 Å². The molecule has 0 bridgehead atoms. The molecular formula is C16H10ClNO3. The second-order valence-electron chi connectivity index (χ2n) is 4.37. The van der Waals surface area contributed by atoms with Gasteiger partial charge in [0.25, 0.3) is 0 Å². The highest BCUT2D eigenvalue weighted by Gasteiger charge is 2.13. The summed E-state index contributed by atoms with van der Waals surface area (Å²) < 4.78 is 5.74. The second kappa shape index (κ2) is 5.42. The van der Waals surface area contributed by atoms with Crippen molar-refractivity contribution in [2.24, 2.45) is 0 Å². The molecule has 1 aromatic heterocycles. The fraction of sp³-hybridized carbons (Fsp3) is 0. The number of carbonyl (C=O) groups is 1. The van der Waals surface area contributed by atoms with Crippen molar-refractivity contribution in [2.45, 2.75) is 0 Å². The molecule has 0 radical (unpaired) electrons. The van der Waals surface area contributed by atoms with Crippen LogP contribution in [-0.2, 0) is 0 Å². The number of aromatic nitrogens is 1. The second-order valence-corrected chi connectivity index (χ2v) is 4.78.